The lowest BCUT2D eigenvalue weighted by atomic mass is 10.3. The topological polar surface area (TPSA) is 55.1 Å². The fraction of sp³-hybridized carbons (Fsp3) is 0. The largest absolute Gasteiger partial charge is 0.288 e. The molecule has 0 aliphatic rings. The van der Waals surface area contributed by atoms with Crippen molar-refractivity contribution in [3.05, 3.63) is 30.5 Å². The number of para-hydroxylation sites is 1. The molecule has 0 saturated carbocycles. The summed E-state index contributed by atoms with van der Waals surface area (Å²) in [5.74, 6) is 0. The van der Waals surface area contributed by atoms with Gasteiger partial charge in [0.2, 0.25) is 0 Å². The quantitative estimate of drug-likeness (QED) is 0.670. The molecule has 0 radical (unpaired) electrons. The summed E-state index contributed by atoms with van der Waals surface area (Å²) in [6.45, 7) is 0. The highest BCUT2D eigenvalue weighted by Gasteiger charge is 2.04. The van der Waals surface area contributed by atoms with Gasteiger partial charge < -0.3 is 0 Å². The van der Waals surface area contributed by atoms with E-state index in [1.54, 1.807) is 18.3 Å². The van der Waals surface area contributed by atoms with E-state index in [0.29, 0.717) is 5.52 Å². The van der Waals surface area contributed by atoms with Gasteiger partial charge in [0.05, 0.1) is 11.7 Å². The van der Waals surface area contributed by atoms with Crippen molar-refractivity contribution < 1.29 is 8.76 Å². The average molecular weight is 182 g/mol. The molecule has 1 heterocycles. The van der Waals surface area contributed by atoms with Crippen molar-refractivity contribution in [3.63, 3.8) is 0 Å². The molecule has 0 amide bonds. The zero-order chi connectivity index (χ0) is 8.55. The third-order valence-corrected chi connectivity index (χ3v) is 2.18. The number of nitrogens with zero attached hydrogens (tertiary/aromatic N) is 2. The zero-order valence-corrected chi connectivity index (χ0v) is 6.86. The maximum atomic E-state index is 10.7. The molecule has 1 atom stereocenters. The van der Waals surface area contributed by atoms with Crippen LogP contribution < -0.4 is 0 Å². The Balaban J connectivity index is 2.79. The van der Waals surface area contributed by atoms with Gasteiger partial charge in [-0.05, 0) is 6.07 Å². The van der Waals surface area contributed by atoms with Gasteiger partial charge in [-0.25, -0.2) is 4.21 Å². The molecule has 0 saturated heterocycles. The van der Waals surface area contributed by atoms with Gasteiger partial charge in [-0.3, -0.25) is 4.55 Å². The second kappa shape index (κ2) is 2.69. The SMILES string of the molecule is O=S(O)n1ncc2ccccc21. The Kier molecular flexibility index (Phi) is 1.67. The Morgan fingerprint density at radius 3 is 2.92 bits per heavy atom. The number of fused-ring (bicyclic) bond motifs is 1. The summed E-state index contributed by atoms with van der Waals surface area (Å²) in [5, 5.41) is 4.62. The van der Waals surface area contributed by atoms with Crippen LogP contribution in [0.3, 0.4) is 0 Å². The lowest BCUT2D eigenvalue weighted by molar-refractivity contribution is 0.549. The van der Waals surface area contributed by atoms with E-state index < -0.39 is 11.3 Å². The number of hydrogen-bond acceptors (Lipinski definition) is 2. The van der Waals surface area contributed by atoms with Crippen molar-refractivity contribution in [1.29, 1.82) is 0 Å². The predicted octanol–water partition coefficient (Wildman–Crippen LogP) is 1.02. The van der Waals surface area contributed by atoms with Crippen LogP contribution in [0.5, 0.6) is 0 Å². The Hall–Kier alpha value is -1.20. The maximum Gasteiger partial charge on any atom is 0.283 e. The lowest BCUT2D eigenvalue weighted by Gasteiger charge is -1.93. The normalized spacial score (nSPS) is 13.4. The third kappa shape index (κ3) is 1.03. The molecule has 62 valence electrons. The van der Waals surface area contributed by atoms with Crippen LogP contribution in [0, 0.1) is 0 Å². The Bertz CT molecular complexity index is 438. The number of rotatable bonds is 1. The van der Waals surface area contributed by atoms with Crippen LogP contribution in [0.4, 0.5) is 0 Å². The first kappa shape index (κ1) is 7.45. The van der Waals surface area contributed by atoms with Gasteiger partial charge in [-0.15, -0.1) is 0 Å². The van der Waals surface area contributed by atoms with Crippen LogP contribution in [0.25, 0.3) is 10.9 Å². The molecule has 2 rings (SSSR count). The highest BCUT2D eigenvalue weighted by molar-refractivity contribution is 7.77. The molecular formula is C7H6N2O2S. The molecule has 1 aromatic carbocycles. The van der Waals surface area contributed by atoms with E-state index in [0.717, 1.165) is 9.47 Å². The molecule has 1 aromatic heterocycles. The summed E-state index contributed by atoms with van der Waals surface area (Å²) in [5.41, 5.74) is 0.665. The van der Waals surface area contributed by atoms with E-state index in [4.69, 9.17) is 4.55 Å². The van der Waals surface area contributed by atoms with Crippen LogP contribution >= 0.6 is 0 Å². The Labute approximate surface area is 71.2 Å². The number of hydrogen-bond donors (Lipinski definition) is 1. The van der Waals surface area contributed by atoms with Crippen LogP contribution in [0.2, 0.25) is 0 Å². The Morgan fingerprint density at radius 2 is 2.17 bits per heavy atom. The van der Waals surface area contributed by atoms with Gasteiger partial charge >= 0.3 is 0 Å². The molecule has 0 spiro atoms. The summed E-state index contributed by atoms with van der Waals surface area (Å²) in [6.07, 6.45) is 1.56. The minimum Gasteiger partial charge on any atom is -0.288 e. The summed E-state index contributed by atoms with van der Waals surface area (Å²) >= 11 is -2.07. The van der Waals surface area contributed by atoms with Gasteiger partial charge in [-0.2, -0.15) is 9.19 Å². The first-order chi connectivity index (χ1) is 5.79. The number of aromatic nitrogens is 2. The van der Waals surface area contributed by atoms with Gasteiger partial charge in [-0.1, -0.05) is 18.2 Å². The van der Waals surface area contributed by atoms with Gasteiger partial charge in [0, 0.05) is 5.39 Å². The summed E-state index contributed by atoms with van der Waals surface area (Å²) < 4.78 is 20.5. The van der Waals surface area contributed by atoms with Crippen LogP contribution in [-0.2, 0) is 11.3 Å². The first-order valence-electron chi connectivity index (χ1n) is 3.33. The summed E-state index contributed by atoms with van der Waals surface area (Å²) in [6, 6.07) is 7.24. The molecule has 4 nitrogen and oxygen atoms in total. The average Bonchev–Trinajstić information content (AvgIpc) is 2.47. The van der Waals surface area contributed by atoms with Crippen molar-refractivity contribution in [2.24, 2.45) is 0 Å². The van der Waals surface area contributed by atoms with Gasteiger partial charge in [0.25, 0.3) is 11.3 Å². The van der Waals surface area contributed by atoms with Crippen LogP contribution in [0.1, 0.15) is 0 Å². The molecule has 0 aliphatic heterocycles. The molecule has 1 unspecified atom stereocenters. The van der Waals surface area contributed by atoms with E-state index in [1.807, 2.05) is 12.1 Å². The standard InChI is InChI=1S/C7H6N2O2S/c10-12(11)9-7-4-2-1-3-6(7)5-8-9/h1-5H,(H,10,11). The van der Waals surface area contributed by atoms with E-state index in [1.165, 1.54) is 0 Å². The smallest absolute Gasteiger partial charge is 0.283 e. The minimum atomic E-state index is -2.07. The lowest BCUT2D eigenvalue weighted by Crippen LogP contribution is -2.03. The molecule has 0 aliphatic carbocycles. The van der Waals surface area contributed by atoms with E-state index in [-0.39, 0.29) is 0 Å². The maximum absolute atomic E-state index is 10.7. The van der Waals surface area contributed by atoms with E-state index >= 15 is 0 Å². The highest BCUT2D eigenvalue weighted by atomic mass is 32.2. The fourth-order valence-corrected chi connectivity index (χ4v) is 1.53. The van der Waals surface area contributed by atoms with Gasteiger partial charge in [0.15, 0.2) is 0 Å². The molecule has 2 aromatic rings. The molecule has 12 heavy (non-hydrogen) atoms. The monoisotopic (exact) mass is 182 g/mol. The predicted molar refractivity (Wildman–Crippen MR) is 45.9 cm³/mol. The zero-order valence-electron chi connectivity index (χ0n) is 6.04. The van der Waals surface area contributed by atoms with Crippen molar-refractivity contribution in [3.8, 4) is 0 Å². The first-order valence-corrected chi connectivity index (χ1v) is 4.39. The van der Waals surface area contributed by atoms with Crippen LogP contribution in [-0.4, -0.2) is 17.9 Å². The second-order valence-corrected chi connectivity index (χ2v) is 3.11. The molecule has 0 bridgehead atoms. The molecular weight excluding hydrogens is 176 g/mol. The molecule has 1 N–H and O–H groups in total. The number of benzene rings is 1. The Morgan fingerprint density at radius 1 is 1.42 bits per heavy atom. The summed E-state index contributed by atoms with van der Waals surface area (Å²) in [4.78, 5) is 0. The highest BCUT2D eigenvalue weighted by Crippen LogP contribution is 2.12. The van der Waals surface area contributed by atoms with Crippen molar-refractivity contribution >= 4 is 22.2 Å². The minimum absolute atomic E-state index is 0.665. The van der Waals surface area contributed by atoms with Crippen molar-refractivity contribution in [2.45, 2.75) is 0 Å². The third-order valence-electron chi connectivity index (χ3n) is 1.59. The second-order valence-electron chi connectivity index (χ2n) is 2.31. The van der Waals surface area contributed by atoms with E-state index in [9.17, 15) is 4.21 Å². The summed E-state index contributed by atoms with van der Waals surface area (Å²) in [7, 11) is 0. The van der Waals surface area contributed by atoms with Crippen LogP contribution in [0.15, 0.2) is 30.5 Å². The van der Waals surface area contributed by atoms with Crippen molar-refractivity contribution in [1.82, 2.24) is 9.19 Å². The molecule has 5 heteroatoms. The van der Waals surface area contributed by atoms with E-state index in [2.05, 4.69) is 5.10 Å². The fourth-order valence-electron chi connectivity index (χ4n) is 1.07. The van der Waals surface area contributed by atoms with Gasteiger partial charge in [0.1, 0.15) is 0 Å². The van der Waals surface area contributed by atoms with Crippen molar-refractivity contribution in [2.75, 3.05) is 0 Å². The molecule has 0 fully saturated rings.